The minimum atomic E-state index is 0.116. The minimum Gasteiger partial charge on any atom is -0.456 e. The maximum absolute atomic E-state index is 6.92. The number of aromatic nitrogens is 1. The first-order chi connectivity index (χ1) is 33.1. The fourth-order valence-corrected chi connectivity index (χ4v) is 12.8. The van der Waals surface area contributed by atoms with E-state index in [9.17, 15) is 0 Å². The van der Waals surface area contributed by atoms with Crippen molar-refractivity contribution in [2.75, 3.05) is 0 Å². The first kappa shape index (κ1) is 37.2. The zero-order valence-corrected chi connectivity index (χ0v) is 37.5. The maximum Gasteiger partial charge on any atom is 0.137 e. The Kier molecular flexibility index (Phi) is 7.76. The number of rotatable bonds is 2. The molecule has 10 aromatic carbocycles. The molecule has 0 N–H and O–H groups in total. The van der Waals surface area contributed by atoms with Gasteiger partial charge in [-0.1, -0.05) is 153 Å². The van der Waals surface area contributed by atoms with E-state index in [1.807, 2.05) is 11.3 Å². The summed E-state index contributed by atoms with van der Waals surface area (Å²) < 4.78 is 12.1. The van der Waals surface area contributed by atoms with E-state index in [0.717, 1.165) is 51.0 Å². The van der Waals surface area contributed by atoms with Gasteiger partial charge in [-0.05, 0) is 97.9 Å². The summed E-state index contributed by atoms with van der Waals surface area (Å²) in [5.41, 5.74) is 14.7. The van der Waals surface area contributed by atoms with Crippen molar-refractivity contribution < 1.29 is 4.42 Å². The van der Waals surface area contributed by atoms with Gasteiger partial charge in [0.1, 0.15) is 11.2 Å². The number of aliphatic imine (C=N–C) groups is 1. The van der Waals surface area contributed by atoms with E-state index in [0.29, 0.717) is 6.42 Å². The molecule has 1 unspecified atom stereocenters. The van der Waals surface area contributed by atoms with Gasteiger partial charge in [0.15, 0.2) is 0 Å². The van der Waals surface area contributed by atoms with Gasteiger partial charge in [0.25, 0.3) is 0 Å². The van der Waals surface area contributed by atoms with E-state index in [1.165, 1.54) is 102 Å². The summed E-state index contributed by atoms with van der Waals surface area (Å²) in [6.45, 7) is 2.37. The molecule has 0 amide bonds. The number of benzene rings is 10. The third-order valence-electron chi connectivity index (χ3n) is 14.8. The molecule has 5 heterocycles. The zero-order valence-electron chi connectivity index (χ0n) is 36.7. The molecule has 0 fully saturated rings. The largest absolute Gasteiger partial charge is 0.456 e. The SMILES string of the molecule is CC1CC=C2/C(=C(/c3ccc4ccccc4c3)N=C1c1cccc3c1sc1ccccc13)Cc1ccc3c4cc5ccccc5cc4n(c3c1)-c1cc3oc4ccc5ccccc5c4c3cc12. The molecule has 2 aliphatic rings. The van der Waals surface area contributed by atoms with Crippen LogP contribution in [0.3, 0.4) is 0 Å². The molecule has 3 nitrogen and oxygen atoms in total. The molecular formula is C63H40N2OS. The van der Waals surface area contributed by atoms with Crippen LogP contribution in [0.2, 0.25) is 0 Å². The van der Waals surface area contributed by atoms with Crippen LogP contribution in [0.5, 0.6) is 0 Å². The second kappa shape index (κ2) is 14.0. The molecule has 4 heteroatoms. The molecule has 2 aliphatic heterocycles. The number of hydrogen-bond acceptors (Lipinski definition) is 3. The van der Waals surface area contributed by atoms with Crippen molar-refractivity contribution in [2.24, 2.45) is 10.9 Å². The molecule has 0 radical (unpaired) electrons. The summed E-state index contributed by atoms with van der Waals surface area (Å²) in [5.74, 6) is 0.116. The first-order valence-electron chi connectivity index (χ1n) is 23.4. The van der Waals surface area contributed by atoms with E-state index in [-0.39, 0.29) is 5.92 Å². The van der Waals surface area contributed by atoms with E-state index in [2.05, 4.69) is 206 Å². The van der Waals surface area contributed by atoms with Crippen LogP contribution < -0.4 is 0 Å². The first-order valence-corrected chi connectivity index (χ1v) is 24.2. The highest BCUT2D eigenvalue weighted by Gasteiger charge is 2.29. The van der Waals surface area contributed by atoms with Crippen molar-refractivity contribution in [3.05, 3.63) is 222 Å². The summed E-state index contributed by atoms with van der Waals surface area (Å²) in [6, 6.07) is 69.8. The molecular weight excluding hydrogens is 833 g/mol. The molecule has 0 saturated carbocycles. The molecule has 67 heavy (non-hydrogen) atoms. The normalized spacial score (nSPS) is 16.5. The van der Waals surface area contributed by atoms with Gasteiger partial charge in [0.2, 0.25) is 0 Å². The minimum absolute atomic E-state index is 0.116. The summed E-state index contributed by atoms with van der Waals surface area (Å²) in [4.78, 5) is 6.08. The Bertz CT molecular complexity index is 4420. The van der Waals surface area contributed by atoms with Crippen molar-refractivity contribution in [2.45, 2.75) is 19.8 Å². The standard InChI is InChI=1S/C63H40N2OS/c1-36-21-26-45-51-34-53-58(66-57-28-25-39-12-6-7-16-44(39)60(53)57)35-56(51)65-54-30-37(22-27-46(54)50-32-41-14-4-5-15-42(41)33-55(50)65)29-52(45)62(43-24-23-38-11-2-3-13-40(38)31-43)64-61(36)49-19-10-18-48-47-17-8-9-20-59(47)67-63(48)49/h2-20,22-28,30-36H,21,29H2,1H3/b45-26?,62-52-,64-61?. The molecule has 3 aromatic heterocycles. The third-order valence-corrected chi connectivity index (χ3v) is 16.0. The van der Waals surface area contributed by atoms with Gasteiger partial charge < -0.3 is 8.98 Å². The predicted octanol–water partition coefficient (Wildman–Crippen LogP) is 17.4. The Morgan fingerprint density at radius 2 is 1.27 bits per heavy atom. The number of nitrogens with zero attached hydrogens (tertiary/aromatic N) is 2. The topological polar surface area (TPSA) is 30.4 Å². The van der Waals surface area contributed by atoms with E-state index < -0.39 is 0 Å². The molecule has 0 aliphatic carbocycles. The van der Waals surface area contributed by atoms with Crippen LogP contribution in [0, 0.1) is 5.92 Å². The van der Waals surface area contributed by atoms with Crippen LogP contribution in [-0.2, 0) is 6.42 Å². The average Bonchev–Trinajstić information content (AvgIpc) is 4.04. The highest BCUT2D eigenvalue weighted by atomic mass is 32.1. The third kappa shape index (κ3) is 5.48. The van der Waals surface area contributed by atoms with Gasteiger partial charge in [-0.25, -0.2) is 0 Å². The summed E-state index contributed by atoms with van der Waals surface area (Å²) in [6.07, 6.45) is 4.08. The Morgan fingerprint density at radius 3 is 2.15 bits per heavy atom. The Morgan fingerprint density at radius 1 is 0.537 bits per heavy atom. The molecule has 0 spiro atoms. The fraction of sp³-hybridized carbons (Fsp3) is 0.0635. The van der Waals surface area contributed by atoms with Crippen molar-refractivity contribution in [1.29, 1.82) is 0 Å². The van der Waals surface area contributed by atoms with Crippen molar-refractivity contribution in [3.8, 4) is 5.69 Å². The second-order valence-electron chi connectivity index (χ2n) is 18.6. The van der Waals surface area contributed by atoms with E-state index in [1.54, 1.807) is 0 Å². The number of thiophene rings is 1. The van der Waals surface area contributed by atoms with Gasteiger partial charge in [-0.15, -0.1) is 11.3 Å². The van der Waals surface area contributed by atoms with Crippen molar-refractivity contribution in [1.82, 2.24) is 4.57 Å². The number of fused-ring (bicyclic) bond motifs is 18. The summed E-state index contributed by atoms with van der Waals surface area (Å²) in [5, 5.41) is 14.7. The summed E-state index contributed by atoms with van der Waals surface area (Å²) in [7, 11) is 0. The lowest BCUT2D eigenvalue weighted by molar-refractivity contribution is 0.669. The fourth-order valence-electron chi connectivity index (χ4n) is 11.6. The van der Waals surface area contributed by atoms with E-state index in [4.69, 9.17) is 9.41 Å². The molecule has 2 bridgehead atoms. The monoisotopic (exact) mass is 872 g/mol. The van der Waals surface area contributed by atoms with Crippen LogP contribution in [0.1, 0.15) is 35.6 Å². The maximum atomic E-state index is 6.92. The number of furan rings is 1. The van der Waals surface area contributed by atoms with Gasteiger partial charge in [-0.2, -0.15) is 0 Å². The van der Waals surface area contributed by atoms with Crippen molar-refractivity contribution >= 4 is 125 Å². The van der Waals surface area contributed by atoms with Crippen LogP contribution in [0.15, 0.2) is 209 Å². The van der Waals surface area contributed by atoms with Gasteiger partial charge in [0.05, 0.1) is 28.1 Å². The lowest BCUT2D eigenvalue weighted by Crippen LogP contribution is -2.16. The smallest absolute Gasteiger partial charge is 0.137 e. The van der Waals surface area contributed by atoms with E-state index >= 15 is 0 Å². The molecule has 1 atom stereocenters. The second-order valence-corrected chi connectivity index (χ2v) is 19.7. The average molecular weight is 873 g/mol. The Labute approximate surface area is 389 Å². The van der Waals surface area contributed by atoms with Crippen LogP contribution >= 0.6 is 11.3 Å². The van der Waals surface area contributed by atoms with Gasteiger partial charge in [0, 0.05) is 76.8 Å². The Balaban J connectivity index is 1.10. The molecule has 314 valence electrons. The lowest BCUT2D eigenvalue weighted by Gasteiger charge is -2.25. The molecule has 15 rings (SSSR count). The number of allylic oxidation sites excluding steroid dienone is 3. The quantitative estimate of drug-likeness (QED) is 0.170. The molecule has 0 saturated heterocycles. The van der Waals surface area contributed by atoms with Gasteiger partial charge >= 0.3 is 0 Å². The van der Waals surface area contributed by atoms with Crippen LogP contribution in [0.25, 0.3) is 113 Å². The van der Waals surface area contributed by atoms with Gasteiger partial charge in [-0.3, -0.25) is 4.99 Å². The highest BCUT2D eigenvalue weighted by Crippen LogP contribution is 2.48. The zero-order chi connectivity index (χ0) is 43.9. The Hall–Kier alpha value is -8.05. The highest BCUT2D eigenvalue weighted by molar-refractivity contribution is 7.26. The van der Waals surface area contributed by atoms with Crippen LogP contribution in [-0.4, -0.2) is 10.3 Å². The number of hydrogen-bond donors (Lipinski definition) is 0. The molecule has 13 aromatic rings. The predicted molar refractivity (Wildman–Crippen MR) is 285 cm³/mol. The summed E-state index contributed by atoms with van der Waals surface area (Å²) >= 11 is 1.88. The van der Waals surface area contributed by atoms with Crippen LogP contribution in [0.4, 0.5) is 0 Å². The lowest BCUT2D eigenvalue weighted by atomic mass is 9.84. The van der Waals surface area contributed by atoms with Crippen molar-refractivity contribution in [3.63, 3.8) is 0 Å².